The summed E-state index contributed by atoms with van der Waals surface area (Å²) in [6, 6.07) is 25.7. The SMILES string of the molecule is C[C@@H]1[C@H](Oc2ncc([C@@H]3c4c(c5ccccc5n4C(=O)OC(C)(C)C)C[C@@H](C)N3CC(F)(F)CO[Si](c3ccccc3)(c3ccccc3)C(C)(C)C)s2)CCN1C(=O)OC(C)(C)C. The molecule has 4 atom stereocenters. The van der Waals surface area contributed by atoms with Gasteiger partial charge >= 0.3 is 12.2 Å². The Bertz CT molecular complexity index is 2370. The van der Waals surface area contributed by atoms with Crippen LogP contribution in [-0.4, -0.2) is 94.9 Å². The highest BCUT2D eigenvalue weighted by Crippen LogP contribution is 2.47. The largest absolute Gasteiger partial charge is 0.464 e. The molecule has 338 valence electrons. The maximum atomic E-state index is 17.3. The molecule has 1 saturated heterocycles. The Morgan fingerprint density at radius 3 is 1.97 bits per heavy atom. The fraction of sp³-hybridized carbons (Fsp3) is 0.490. The van der Waals surface area contributed by atoms with E-state index < -0.39 is 61.9 Å². The van der Waals surface area contributed by atoms with Gasteiger partial charge < -0.3 is 23.5 Å². The summed E-state index contributed by atoms with van der Waals surface area (Å²) < 4.78 is 61.1. The number of fused-ring (bicyclic) bond motifs is 3. The molecule has 0 saturated carbocycles. The molecule has 0 unspecified atom stereocenters. The Morgan fingerprint density at radius 1 is 0.810 bits per heavy atom. The van der Waals surface area contributed by atoms with Crippen molar-refractivity contribution in [2.45, 2.75) is 135 Å². The number of para-hydroxylation sites is 1. The molecule has 10 nitrogen and oxygen atoms in total. The normalized spacial score (nSPS) is 20.2. The lowest BCUT2D eigenvalue weighted by molar-refractivity contribution is -0.0820. The van der Waals surface area contributed by atoms with Gasteiger partial charge in [0.1, 0.15) is 17.3 Å². The van der Waals surface area contributed by atoms with Crippen molar-refractivity contribution >= 4 is 53.1 Å². The van der Waals surface area contributed by atoms with E-state index in [1.807, 2.05) is 140 Å². The number of likely N-dealkylation sites (tertiary alicyclic amines) is 1. The van der Waals surface area contributed by atoms with Crippen LogP contribution in [0.15, 0.2) is 91.1 Å². The maximum absolute atomic E-state index is 17.3. The van der Waals surface area contributed by atoms with Gasteiger partial charge in [0.05, 0.1) is 41.3 Å². The third kappa shape index (κ3) is 9.60. The summed E-state index contributed by atoms with van der Waals surface area (Å²) in [4.78, 5) is 36.2. The zero-order chi connectivity index (χ0) is 45.7. The van der Waals surface area contributed by atoms with Crippen molar-refractivity contribution in [3.05, 3.63) is 107 Å². The van der Waals surface area contributed by atoms with E-state index in [1.54, 1.807) is 20.6 Å². The third-order valence-corrected chi connectivity index (χ3v) is 17.8. The van der Waals surface area contributed by atoms with Crippen molar-refractivity contribution < 1.29 is 37.0 Å². The van der Waals surface area contributed by atoms with E-state index in [9.17, 15) is 9.59 Å². The van der Waals surface area contributed by atoms with Gasteiger partial charge in [0, 0.05) is 30.6 Å². The Morgan fingerprint density at radius 2 is 1.38 bits per heavy atom. The summed E-state index contributed by atoms with van der Waals surface area (Å²) in [5, 5.41) is 2.53. The molecule has 5 aromatic rings. The molecule has 2 aromatic heterocycles. The topological polar surface area (TPSA) is 95.4 Å². The number of nitrogens with zero attached hydrogens (tertiary/aromatic N) is 4. The molecule has 0 N–H and O–H groups in total. The monoisotopic (exact) mass is 900 g/mol. The Kier molecular flexibility index (Phi) is 12.8. The first kappa shape index (κ1) is 46.4. The lowest BCUT2D eigenvalue weighted by Crippen LogP contribution is -2.67. The first-order valence-corrected chi connectivity index (χ1v) is 24.6. The molecule has 4 heterocycles. The van der Waals surface area contributed by atoms with Crippen LogP contribution < -0.4 is 15.1 Å². The van der Waals surface area contributed by atoms with Crippen LogP contribution in [0.1, 0.15) is 105 Å². The van der Waals surface area contributed by atoms with Crippen molar-refractivity contribution in [1.29, 1.82) is 0 Å². The minimum atomic E-state index is -3.34. The minimum absolute atomic E-state index is 0.297. The number of hydrogen-bond acceptors (Lipinski definition) is 9. The fourth-order valence-corrected chi connectivity index (χ4v) is 14.7. The average molecular weight is 901 g/mol. The van der Waals surface area contributed by atoms with Crippen LogP contribution in [0, 0.1) is 0 Å². The van der Waals surface area contributed by atoms with Gasteiger partial charge in [0.15, 0.2) is 0 Å². The second-order valence-electron chi connectivity index (χ2n) is 20.0. The molecule has 0 radical (unpaired) electrons. The second-order valence-corrected chi connectivity index (χ2v) is 25.4. The van der Waals surface area contributed by atoms with E-state index in [4.69, 9.17) is 23.6 Å². The Labute approximate surface area is 375 Å². The molecule has 2 aliphatic heterocycles. The molecule has 0 spiro atoms. The molecule has 7 rings (SSSR count). The number of carbonyl (C=O) groups is 2. The molecule has 3 aromatic carbocycles. The van der Waals surface area contributed by atoms with Crippen LogP contribution >= 0.6 is 11.3 Å². The van der Waals surface area contributed by atoms with Gasteiger partial charge in [-0.25, -0.2) is 27.9 Å². The number of thiazole rings is 1. The van der Waals surface area contributed by atoms with E-state index in [1.165, 1.54) is 11.3 Å². The third-order valence-electron chi connectivity index (χ3n) is 11.9. The number of aromatic nitrogens is 2. The second kappa shape index (κ2) is 17.4. The number of benzene rings is 3. The summed E-state index contributed by atoms with van der Waals surface area (Å²) in [7, 11) is -3.31. The van der Waals surface area contributed by atoms with E-state index in [0.717, 1.165) is 21.3 Å². The molecular formula is C49H62F2N4O6SSi. The Balaban J connectivity index is 1.28. The predicted octanol–water partition coefficient (Wildman–Crippen LogP) is 10.2. The predicted molar refractivity (Wildman–Crippen MR) is 247 cm³/mol. The highest BCUT2D eigenvalue weighted by atomic mass is 32.1. The van der Waals surface area contributed by atoms with Crippen molar-refractivity contribution in [3.8, 4) is 5.19 Å². The van der Waals surface area contributed by atoms with Gasteiger partial charge in [-0.1, -0.05) is 111 Å². The van der Waals surface area contributed by atoms with Gasteiger partial charge in [-0.05, 0) is 88.9 Å². The lowest BCUT2D eigenvalue weighted by atomic mass is 9.91. The molecule has 1 amide bonds. The number of amides is 1. The number of hydrogen-bond donors (Lipinski definition) is 0. The van der Waals surface area contributed by atoms with Gasteiger partial charge in [-0.2, -0.15) is 0 Å². The standard InChI is InChI=1S/C49H62F2N4O6SSi/c1-32-28-37-36-24-18-19-25-38(36)55(45(57)61-47(6,7)8)41(37)42(40-29-52-43(62-40)59-39-26-27-53(33(39)2)44(56)60-46(3,4)5)54(32)30-49(50,51)31-58-63(48(9,10)11,34-20-14-12-15-21-34)35-22-16-13-17-23-35/h12-25,29,32-33,39,42H,26-28,30-31H2,1-11H3/t32-,33-,39-,42-/m1/s1. The van der Waals surface area contributed by atoms with E-state index >= 15 is 8.78 Å². The van der Waals surface area contributed by atoms with Crippen molar-refractivity contribution in [2.24, 2.45) is 0 Å². The van der Waals surface area contributed by atoms with Gasteiger partial charge in [0.2, 0.25) is 0 Å². The summed E-state index contributed by atoms with van der Waals surface area (Å²) >= 11 is 1.26. The van der Waals surface area contributed by atoms with Crippen LogP contribution in [0.2, 0.25) is 5.04 Å². The van der Waals surface area contributed by atoms with E-state index in [-0.39, 0.29) is 18.2 Å². The lowest BCUT2D eigenvalue weighted by Gasteiger charge is -2.45. The highest BCUT2D eigenvalue weighted by molar-refractivity contribution is 7.13. The smallest absolute Gasteiger partial charge is 0.419 e. The molecule has 14 heteroatoms. The van der Waals surface area contributed by atoms with Crippen LogP contribution in [0.4, 0.5) is 18.4 Å². The van der Waals surface area contributed by atoms with Crippen LogP contribution in [0.3, 0.4) is 0 Å². The number of halogens is 2. The first-order valence-electron chi connectivity index (χ1n) is 21.9. The fourth-order valence-electron chi connectivity index (χ4n) is 9.22. The number of alkyl halides is 2. The van der Waals surface area contributed by atoms with Crippen molar-refractivity contribution in [2.75, 3.05) is 19.7 Å². The zero-order valence-electron chi connectivity index (χ0n) is 38.4. The first-order chi connectivity index (χ1) is 29.5. The summed E-state index contributed by atoms with van der Waals surface area (Å²) in [6.45, 7) is 20.0. The zero-order valence-corrected chi connectivity index (χ0v) is 40.2. The average Bonchev–Trinajstić information content (AvgIpc) is 3.90. The van der Waals surface area contributed by atoms with Crippen LogP contribution in [0.25, 0.3) is 10.9 Å². The van der Waals surface area contributed by atoms with Crippen molar-refractivity contribution in [3.63, 3.8) is 0 Å². The summed E-state index contributed by atoms with van der Waals surface area (Å²) in [6.07, 6.45) is 1.27. The van der Waals surface area contributed by atoms with Gasteiger partial charge in [-0.3, -0.25) is 4.90 Å². The summed E-state index contributed by atoms with van der Waals surface area (Å²) in [5.74, 6) is -3.34. The van der Waals surface area contributed by atoms with Crippen LogP contribution in [-0.2, 0) is 20.3 Å². The number of ether oxygens (including phenoxy) is 3. The maximum Gasteiger partial charge on any atom is 0.419 e. The molecule has 1 fully saturated rings. The number of carbonyl (C=O) groups excluding carboxylic acids is 2. The number of rotatable bonds is 10. The molecule has 0 aliphatic carbocycles. The van der Waals surface area contributed by atoms with Gasteiger partial charge in [0.25, 0.3) is 19.4 Å². The minimum Gasteiger partial charge on any atom is -0.464 e. The molecule has 2 aliphatic rings. The molecule has 63 heavy (non-hydrogen) atoms. The van der Waals surface area contributed by atoms with Crippen LogP contribution in [0.5, 0.6) is 5.19 Å². The van der Waals surface area contributed by atoms with Crippen molar-refractivity contribution in [1.82, 2.24) is 19.4 Å². The van der Waals surface area contributed by atoms with E-state index in [2.05, 4.69) is 20.8 Å². The summed E-state index contributed by atoms with van der Waals surface area (Å²) in [5.41, 5.74) is 0.626. The molecule has 0 bridgehead atoms. The Hall–Kier alpha value is -4.63. The highest BCUT2D eigenvalue weighted by Gasteiger charge is 2.53. The van der Waals surface area contributed by atoms with E-state index in [0.29, 0.717) is 40.7 Å². The molecular weight excluding hydrogens is 839 g/mol. The quantitative estimate of drug-likeness (QED) is 0.128. The van der Waals surface area contributed by atoms with Gasteiger partial charge in [-0.15, -0.1) is 0 Å².